The highest BCUT2D eigenvalue weighted by atomic mass is 16.5. The maximum absolute atomic E-state index is 11.9. The first-order valence-corrected chi connectivity index (χ1v) is 6.23. The van der Waals surface area contributed by atoms with Crippen LogP contribution in [0, 0.1) is 6.92 Å². The summed E-state index contributed by atoms with van der Waals surface area (Å²) in [5.41, 5.74) is 8.75. The van der Waals surface area contributed by atoms with Gasteiger partial charge in [0.1, 0.15) is 6.04 Å². The largest absolute Gasteiger partial charge is 0.383 e. The van der Waals surface area contributed by atoms with Crippen molar-refractivity contribution in [2.45, 2.75) is 19.5 Å². The van der Waals surface area contributed by atoms with Crippen molar-refractivity contribution in [3.05, 3.63) is 29.3 Å². The molecule has 19 heavy (non-hydrogen) atoms. The van der Waals surface area contributed by atoms with Crippen molar-refractivity contribution in [2.24, 2.45) is 5.73 Å². The number of hydrogen-bond acceptors (Lipinski definition) is 4. The zero-order chi connectivity index (χ0) is 14.4. The average Bonchev–Trinajstić information content (AvgIpc) is 2.32. The van der Waals surface area contributed by atoms with Crippen LogP contribution in [0.25, 0.3) is 0 Å². The lowest BCUT2D eigenvalue weighted by atomic mass is 10.1. The van der Waals surface area contributed by atoms with Crippen LogP contribution in [0.1, 0.15) is 11.1 Å². The number of aryl methyl sites for hydroxylation is 1. The quantitative estimate of drug-likeness (QED) is 0.804. The zero-order valence-electron chi connectivity index (χ0n) is 12.1. The number of rotatable bonds is 6. The van der Waals surface area contributed by atoms with E-state index >= 15 is 0 Å². The van der Waals surface area contributed by atoms with E-state index in [1.807, 2.05) is 33.2 Å². The molecule has 0 aromatic heterocycles. The van der Waals surface area contributed by atoms with E-state index in [0.717, 1.165) is 23.4 Å². The lowest BCUT2D eigenvalue weighted by molar-refractivity contribution is -0.118. The van der Waals surface area contributed by atoms with Crippen molar-refractivity contribution in [3.8, 4) is 0 Å². The molecule has 1 aromatic carbocycles. The fourth-order valence-electron chi connectivity index (χ4n) is 1.80. The highest BCUT2D eigenvalue weighted by Crippen LogP contribution is 2.18. The van der Waals surface area contributed by atoms with Crippen molar-refractivity contribution in [3.63, 3.8) is 0 Å². The Bertz CT molecular complexity index is 433. The maximum atomic E-state index is 11.9. The number of nitrogens with zero attached hydrogens (tertiary/aromatic N) is 1. The number of amides is 1. The van der Waals surface area contributed by atoms with Gasteiger partial charge in [-0.2, -0.15) is 0 Å². The van der Waals surface area contributed by atoms with Gasteiger partial charge < -0.3 is 20.7 Å². The van der Waals surface area contributed by atoms with Gasteiger partial charge in [0.05, 0.1) is 6.61 Å². The third-order valence-corrected chi connectivity index (χ3v) is 2.69. The molecule has 5 heteroatoms. The van der Waals surface area contributed by atoms with E-state index < -0.39 is 6.04 Å². The number of benzene rings is 1. The van der Waals surface area contributed by atoms with Crippen LogP contribution in [0.15, 0.2) is 18.2 Å². The third kappa shape index (κ3) is 4.98. The molecular weight excluding hydrogens is 242 g/mol. The Hall–Kier alpha value is -1.43. The fourth-order valence-corrected chi connectivity index (χ4v) is 1.80. The van der Waals surface area contributed by atoms with Crippen LogP contribution in [-0.4, -0.2) is 44.7 Å². The molecule has 106 valence electrons. The molecule has 0 aliphatic rings. The summed E-state index contributed by atoms with van der Waals surface area (Å²) in [6.45, 7) is 3.00. The fraction of sp³-hybridized carbons (Fsp3) is 0.500. The SMILES string of the molecule is COCC(N)C(=O)Nc1ccc(C)cc1CN(C)C. The molecule has 0 saturated carbocycles. The zero-order valence-corrected chi connectivity index (χ0v) is 12.1. The van der Waals surface area contributed by atoms with Gasteiger partial charge in [-0.3, -0.25) is 4.79 Å². The number of carbonyl (C=O) groups is 1. The summed E-state index contributed by atoms with van der Waals surface area (Å²) in [6.07, 6.45) is 0. The van der Waals surface area contributed by atoms with E-state index in [9.17, 15) is 4.79 Å². The molecule has 0 aliphatic heterocycles. The minimum absolute atomic E-state index is 0.209. The topological polar surface area (TPSA) is 67.6 Å². The Morgan fingerprint density at radius 3 is 2.74 bits per heavy atom. The first-order valence-electron chi connectivity index (χ1n) is 6.23. The summed E-state index contributed by atoms with van der Waals surface area (Å²) in [6, 6.07) is 5.29. The molecule has 0 aliphatic carbocycles. The highest BCUT2D eigenvalue weighted by Gasteiger charge is 2.15. The molecule has 0 saturated heterocycles. The number of nitrogens with one attached hydrogen (secondary N) is 1. The van der Waals surface area contributed by atoms with Crippen molar-refractivity contribution in [2.75, 3.05) is 33.1 Å². The monoisotopic (exact) mass is 265 g/mol. The van der Waals surface area contributed by atoms with Gasteiger partial charge in [0.2, 0.25) is 5.91 Å². The molecule has 1 atom stereocenters. The molecule has 0 bridgehead atoms. The van der Waals surface area contributed by atoms with Gasteiger partial charge in [0, 0.05) is 19.3 Å². The van der Waals surface area contributed by atoms with E-state index in [4.69, 9.17) is 10.5 Å². The van der Waals surface area contributed by atoms with E-state index in [1.54, 1.807) is 0 Å². The Balaban J connectivity index is 2.84. The molecular formula is C14H23N3O2. The van der Waals surface area contributed by atoms with Gasteiger partial charge in [-0.25, -0.2) is 0 Å². The van der Waals surface area contributed by atoms with Crippen LogP contribution in [-0.2, 0) is 16.1 Å². The van der Waals surface area contributed by atoms with Gasteiger partial charge in [-0.1, -0.05) is 17.7 Å². The second-order valence-corrected chi connectivity index (χ2v) is 4.95. The number of anilines is 1. The van der Waals surface area contributed by atoms with E-state index in [-0.39, 0.29) is 12.5 Å². The minimum Gasteiger partial charge on any atom is -0.383 e. The standard InChI is InChI=1S/C14H23N3O2/c1-10-5-6-13(11(7-10)8-17(2)3)16-14(18)12(15)9-19-4/h5-7,12H,8-9,15H2,1-4H3,(H,16,18). The third-order valence-electron chi connectivity index (χ3n) is 2.69. The maximum Gasteiger partial charge on any atom is 0.243 e. The highest BCUT2D eigenvalue weighted by molar-refractivity contribution is 5.95. The van der Waals surface area contributed by atoms with E-state index in [2.05, 4.69) is 16.3 Å². The summed E-state index contributed by atoms with van der Waals surface area (Å²) in [5, 5.41) is 2.86. The average molecular weight is 265 g/mol. The van der Waals surface area contributed by atoms with Gasteiger partial charge in [-0.05, 0) is 32.6 Å². The minimum atomic E-state index is -0.654. The summed E-state index contributed by atoms with van der Waals surface area (Å²) in [5.74, 6) is -0.231. The summed E-state index contributed by atoms with van der Waals surface area (Å²) in [7, 11) is 5.51. The van der Waals surface area contributed by atoms with Crippen molar-refractivity contribution < 1.29 is 9.53 Å². The van der Waals surface area contributed by atoms with Gasteiger partial charge in [0.15, 0.2) is 0 Å². The van der Waals surface area contributed by atoms with E-state index in [1.165, 1.54) is 7.11 Å². The second kappa shape index (κ2) is 7.23. The van der Waals surface area contributed by atoms with Gasteiger partial charge in [-0.15, -0.1) is 0 Å². The molecule has 3 N–H and O–H groups in total. The van der Waals surface area contributed by atoms with Crippen LogP contribution in [0.2, 0.25) is 0 Å². The van der Waals surface area contributed by atoms with Crippen LogP contribution in [0.5, 0.6) is 0 Å². The Labute approximate surface area is 114 Å². The van der Waals surface area contributed by atoms with Crippen molar-refractivity contribution >= 4 is 11.6 Å². The smallest absolute Gasteiger partial charge is 0.243 e. The van der Waals surface area contributed by atoms with Crippen LogP contribution in [0.4, 0.5) is 5.69 Å². The van der Waals surface area contributed by atoms with Gasteiger partial charge in [0.25, 0.3) is 0 Å². The molecule has 1 amide bonds. The van der Waals surface area contributed by atoms with Crippen LogP contribution in [0.3, 0.4) is 0 Å². The van der Waals surface area contributed by atoms with Crippen LogP contribution < -0.4 is 11.1 Å². The summed E-state index contributed by atoms with van der Waals surface area (Å²) >= 11 is 0. The Kier molecular flexibility index (Phi) is 5.95. The summed E-state index contributed by atoms with van der Waals surface area (Å²) in [4.78, 5) is 14.0. The molecule has 0 radical (unpaired) electrons. The number of methoxy groups -OCH3 is 1. The normalized spacial score (nSPS) is 12.5. The predicted molar refractivity (Wildman–Crippen MR) is 77.1 cm³/mol. The lowest BCUT2D eigenvalue weighted by Gasteiger charge is -2.17. The number of hydrogen-bond donors (Lipinski definition) is 2. The molecule has 1 unspecified atom stereocenters. The van der Waals surface area contributed by atoms with Crippen molar-refractivity contribution in [1.82, 2.24) is 4.90 Å². The predicted octanol–water partition coefficient (Wildman–Crippen LogP) is 0.969. The Morgan fingerprint density at radius 1 is 1.47 bits per heavy atom. The number of nitrogens with two attached hydrogens (primary N) is 1. The van der Waals surface area contributed by atoms with Crippen molar-refractivity contribution in [1.29, 1.82) is 0 Å². The Morgan fingerprint density at radius 2 is 2.16 bits per heavy atom. The van der Waals surface area contributed by atoms with Gasteiger partial charge >= 0.3 is 0 Å². The van der Waals surface area contributed by atoms with E-state index in [0.29, 0.717) is 0 Å². The first-order chi connectivity index (χ1) is 8.93. The van der Waals surface area contributed by atoms with Crippen LogP contribution >= 0.6 is 0 Å². The molecule has 1 aromatic rings. The molecule has 5 nitrogen and oxygen atoms in total. The lowest BCUT2D eigenvalue weighted by Crippen LogP contribution is -2.39. The molecule has 1 rings (SSSR count). The molecule has 0 fully saturated rings. The number of carbonyl (C=O) groups excluding carboxylic acids is 1. The first kappa shape index (κ1) is 15.6. The molecule has 0 spiro atoms. The second-order valence-electron chi connectivity index (χ2n) is 4.95. The molecule has 0 heterocycles. The number of ether oxygens (including phenoxy) is 1. The summed E-state index contributed by atoms with van der Waals surface area (Å²) < 4.78 is 4.88.